The average Bonchev–Trinajstić information content (AvgIpc) is 3.83. The lowest BCUT2D eigenvalue weighted by atomic mass is 9.84. The van der Waals surface area contributed by atoms with Crippen LogP contribution in [0.1, 0.15) is 11.0 Å². The maximum absolute atomic E-state index is 9.56. The predicted molar refractivity (Wildman–Crippen MR) is 214 cm³/mol. The fourth-order valence-corrected chi connectivity index (χ4v) is 8.08. The molecule has 10 aromatic rings. The maximum Gasteiger partial charge on any atom is 0.145 e. The first-order chi connectivity index (χ1) is 28.7. The second-order valence-electron chi connectivity index (χ2n) is 12.9. The van der Waals surface area contributed by atoms with E-state index in [9.17, 15) is 5.48 Å². The van der Waals surface area contributed by atoms with Crippen LogP contribution in [0.4, 0.5) is 0 Å². The molecule has 1 aliphatic rings. The van der Waals surface area contributed by atoms with E-state index < -0.39 is 24.2 Å². The molecule has 0 aliphatic heterocycles. The van der Waals surface area contributed by atoms with E-state index in [1.165, 1.54) is 0 Å². The normalized spacial score (nSPS) is 14.1. The van der Waals surface area contributed by atoms with Crippen LogP contribution >= 0.6 is 0 Å². The largest absolute Gasteiger partial charge is 0.292 e. The van der Waals surface area contributed by atoms with Crippen molar-refractivity contribution in [2.45, 2.75) is 0 Å². The summed E-state index contributed by atoms with van der Waals surface area (Å²) in [6, 6.07) is 40.4. The Bertz CT molecular complexity index is 3370. The van der Waals surface area contributed by atoms with Gasteiger partial charge in [-0.25, -0.2) is 4.98 Å². The van der Waals surface area contributed by atoms with Gasteiger partial charge in [0.2, 0.25) is 0 Å². The zero-order valence-corrected chi connectivity index (χ0v) is 27.1. The fourth-order valence-electron chi connectivity index (χ4n) is 8.08. The SMILES string of the molecule is [2H]c1c([2H])c([2H])c2c(-c3ccc4c5c(cccc35)-c3ccccc3-4)c3c([2H])c([2H])c([2H])c([2H])c3c(-c3cccc(-n4c(-c5ccccc5)nc5ccccc54)c3)c2c1[2H]. The molecule has 1 heterocycles. The van der Waals surface area contributed by atoms with Crippen LogP contribution in [0.15, 0.2) is 182 Å². The van der Waals surface area contributed by atoms with Gasteiger partial charge in [-0.05, 0) is 101 Å². The molecule has 2 nitrogen and oxygen atoms in total. The van der Waals surface area contributed by atoms with Crippen LogP contribution in [0.2, 0.25) is 0 Å². The van der Waals surface area contributed by atoms with Gasteiger partial charge < -0.3 is 0 Å². The number of imidazole rings is 1. The van der Waals surface area contributed by atoms with Crippen LogP contribution in [0.5, 0.6) is 0 Å². The first-order valence-corrected chi connectivity index (χ1v) is 16.9. The Morgan fingerprint density at radius 3 is 1.75 bits per heavy atom. The molecule has 1 aliphatic carbocycles. The molecule has 236 valence electrons. The number of hydrogen-bond acceptors (Lipinski definition) is 1. The summed E-state index contributed by atoms with van der Waals surface area (Å²) >= 11 is 0. The zero-order chi connectivity index (χ0) is 40.4. The number of hydrogen-bond donors (Lipinski definition) is 0. The summed E-state index contributed by atoms with van der Waals surface area (Å²) in [6.45, 7) is 0. The van der Waals surface area contributed by atoms with E-state index in [-0.39, 0.29) is 45.7 Å². The Morgan fingerprint density at radius 2 is 1.00 bits per heavy atom. The number of rotatable bonds is 4. The van der Waals surface area contributed by atoms with Crippen LogP contribution in [-0.2, 0) is 0 Å². The van der Waals surface area contributed by atoms with E-state index in [2.05, 4.69) is 18.2 Å². The molecule has 51 heavy (non-hydrogen) atoms. The van der Waals surface area contributed by atoms with E-state index in [1.54, 1.807) is 0 Å². The van der Waals surface area contributed by atoms with Crippen molar-refractivity contribution in [3.63, 3.8) is 0 Å². The molecule has 9 aromatic carbocycles. The van der Waals surface area contributed by atoms with E-state index in [0.29, 0.717) is 33.8 Å². The molecular weight excluding hydrogens is 617 g/mol. The van der Waals surface area contributed by atoms with E-state index in [1.807, 2.05) is 120 Å². The third-order valence-corrected chi connectivity index (χ3v) is 10.2. The van der Waals surface area contributed by atoms with Crippen molar-refractivity contribution < 1.29 is 11.0 Å². The Balaban J connectivity index is 1.31. The Labute approximate surface area is 306 Å². The Hall–Kier alpha value is -6.77. The summed E-state index contributed by atoms with van der Waals surface area (Å²) in [5, 5.41) is 2.50. The van der Waals surface area contributed by atoms with Gasteiger partial charge in [-0.1, -0.05) is 158 Å². The van der Waals surface area contributed by atoms with Gasteiger partial charge in [-0.15, -0.1) is 0 Å². The topological polar surface area (TPSA) is 17.8 Å². The average molecular weight is 655 g/mol. The minimum atomic E-state index is -0.436. The van der Waals surface area contributed by atoms with Crippen molar-refractivity contribution in [1.82, 2.24) is 9.55 Å². The summed E-state index contributed by atoms with van der Waals surface area (Å²) in [4.78, 5) is 5.02. The summed E-state index contributed by atoms with van der Waals surface area (Å²) in [7, 11) is 0. The van der Waals surface area contributed by atoms with Gasteiger partial charge in [0.1, 0.15) is 5.82 Å². The van der Waals surface area contributed by atoms with Crippen LogP contribution in [0.3, 0.4) is 0 Å². The lowest BCUT2D eigenvalue weighted by Crippen LogP contribution is -1.98. The van der Waals surface area contributed by atoms with Crippen LogP contribution < -0.4 is 0 Å². The maximum atomic E-state index is 9.56. The molecule has 0 atom stereocenters. The third kappa shape index (κ3) is 4.08. The molecule has 0 bridgehead atoms. The monoisotopic (exact) mass is 654 g/mol. The number of aromatic nitrogens is 2. The second kappa shape index (κ2) is 10.9. The smallest absolute Gasteiger partial charge is 0.145 e. The summed E-state index contributed by atoms with van der Waals surface area (Å²) < 4.78 is 76.1. The first kappa shape index (κ1) is 21.3. The van der Waals surface area contributed by atoms with Gasteiger partial charge in [0.25, 0.3) is 0 Å². The van der Waals surface area contributed by atoms with Crippen molar-refractivity contribution in [2.75, 3.05) is 0 Å². The fraction of sp³-hybridized carbons (Fsp3) is 0. The van der Waals surface area contributed by atoms with Crippen molar-refractivity contribution in [3.8, 4) is 61.6 Å². The number of benzene rings is 9. The van der Waals surface area contributed by atoms with Gasteiger partial charge in [0.15, 0.2) is 0 Å². The Morgan fingerprint density at radius 1 is 0.431 bits per heavy atom. The molecule has 0 unspecified atom stereocenters. The first-order valence-electron chi connectivity index (χ1n) is 20.9. The molecule has 11 rings (SSSR count). The van der Waals surface area contributed by atoms with Crippen molar-refractivity contribution in [3.05, 3.63) is 182 Å². The van der Waals surface area contributed by atoms with Crippen LogP contribution in [-0.4, -0.2) is 9.55 Å². The molecule has 0 fully saturated rings. The highest BCUT2D eigenvalue weighted by molar-refractivity contribution is 6.26. The summed E-state index contributed by atoms with van der Waals surface area (Å²) in [5.41, 5.74) is 9.24. The third-order valence-electron chi connectivity index (χ3n) is 10.2. The minimum absolute atomic E-state index is 0.172. The van der Waals surface area contributed by atoms with Gasteiger partial charge >= 0.3 is 0 Å². The molecule has 2 heteroatoms. The molecule has 0 spiro atoms. The quantitative estimate of drug-likeness (QED) is 0.173. The lowest BCUT2D eigenvalue weighted by molar-refractivity contribution is 1.10. The molecule has 1 aromatic heterocycles. The van der Waals surface area contributed by atoms with Crippen molar-refractivity contribution >= 4 is 43.4 Å². The predicted octanol–water partition coefficient (Wildman–Crippen LogP) is 13.1. The second-order valence-corrected chi connectivity index (χ2v) is 12.9. The molecule has 0 saturated carbocycles. The van der Waals surface area contributed by atoms with E-state index >= 15 is 0 Å². The van der Waals surface area contributed by atoms with Crippen molar-refractivity contribution in [1.29, 1.82) is 0 Å². The highest BCUT2D eigenvalue weighted by Gasteiger charge is 2.24. The highest BCUT2D eigenvalue weighted by atomic mass is 15.1. The minimum Gasteiger partial charge on any atom is -0.292 e. The number of para-hydroxylation sites is 2. The van der Waals surface area contributed by atoms with Gasteiger partial charge in [0, 0.05) is 11.3 Å². The highest BCUT2D eigenvalue weighted by Crippen LogP contribution is 2.51. The summed E-state index contributed by atoms with van der Waals surface area (Å²) in [5.74, 6) is 0.701. The van der Waals surface area contributed by atoms with E-state index in [4.69, 9.17) is 10.5 Å². The van der Waals surface area contributed by atoms with Crippen LogP contribution in [0.25, 0.3) is 105 Å². The number of fused-ring (bicyclic) bond motifs is 6. The lowest BCUT2D eigenvalue weighted by Gasteiger charge is -2.20. The van der Waals surface area contributed by atoms with Gasteiger partial charge in [-0.3, -0.25) is 4.57 Å². The van der Waals surface area contributed by atoms with Gasteiger partial charge in [-0.2, -0.15) is 0 Å². The Kier molecular flexibility index (Phi) is 4.55. The van der Waals surface area contributed by atoms with Crippen molar-refractivity contribution in [2.24, 2.45) is 0 Å². The zero-order valence-electron chi connectivity index (χ0n) is 35.1. The van der Waals surface area contributed by atoms with E-state index in [0.717, 1.165) is 49.6 Å². The van der Waals surface area contributed by atoms with Crippen LogP contribution in [0, 0.1) is 0 Å². The molecule has 0 N–H and O–H groups in total. The molecular formula is C49H30N2. The number of nitrogens with zero attached hydrogens (tertiary/aromatic N) is 2. The molecule has 0 radical (unpaired) electrons. The van der Waals surface area contributed by atoms with Gasteiger partial charge in [0.05, 0.1) is 22.0 Å². The molecule has 0 saturated heterocycles. The summed E-state index contributed by atoms with van der Waals surface area (Å²) in [6.07, 6.45) is 0. The molecule has 0 amide bonds. The standard InChI is InChI=1S/C49H30N2/c1-2-14-31(15-3-1)49-50-44-26-10-11-27-45(44)51(49)33-17-12-16-32(30-33)46-37-20-6-8-22-39(37)48(40-23-9-7-21-38(40)46)43-29-28-42-35-19-5-4-18-34(35)36-24-13-25-41(43)47(36)42/h1-30H/i6D,7D,8D,9D,20D,21D,22D,23D.